The number of aryl methyl sites for hydroxylation is 1. The van der Waals surface area contributed by atoms with Gasteiger partial charge in [-0.3, -0.25) is 0 Å². The maximum absolute atomic E-state index is 13.6. The molecule has 4 nitrogen and oxygen atoms in total. The van der Waals surface area contributed by atoms with Crippen molar-refractivity contribution in [1.29, 1.82) is 5.26 Å². The van der Waals surface area contributed by atoms with Crippen LogP contribution in [0.1, 0.15) is 10.6 Å². The molecule has 0 unspecified atom stereocenters. The van der Waals surface area contributed by atoms with Gasteiger partial charge >= 0.3 is 0 Å². The molecular weight excluding hydrogens is 349 g/mol. The van der Waals surface area contributed by atoms with E-state index in [1.807, 2.05) is 29.6 Å². The Labute approximate surface area is 155 Å². The van der Waals surface area contributed by atoms with Crippen LogP contribution in [0.25, 0.3) is 16.8 Å². The van der Waals surface area contributed by atoms with E-state index in [2.05, 4.69) is 16.4 Å². The zero-order valence-electron chi connectivity index (χ0n) is 14.3. The number of methoxy groups -OCH3 is 1. The fourth-order valence-electron chi connectivity index (χ4n) is 2.29. The standard InChI is InChI=1S/C20H16FN3OS/c1-13-6-7-16(9-18(13)21)23-11-15(10-22)20-24-19(12-26-20)14-4-3-5-17(8-14)25-2/h3-9,11-12,23H,1-2H3. The maximum atomic E-state index is 13.6. The lowest BCUT2D eigenvalue weighted by Crippen LogP contribution is -1.93. The van der Waals surface area contributed by atoms with E-state index in [1.165, 1.54) is 23.6 Å². The summed E-state index contributed by atoms with van der Waals surface area (Å²) >= 11 is 1.37. The summed E-state index contributed by atoms with van der Waals surface area (Å²) in [5.41, 5.74) is 3.21. The molecule has 130 valence electrons. The minimum atomic E-state index is -0.295. The number of halogens is 1. The van der Waals surface area contributed by atoms with Gasteiger partial charge in [0.05, 0.1) is 12.8 Å². The van der Waals surface area contributed by atoms with E-state index in [-0.39, 0.29) is 5.82 Å². The van der Waals surface area contributed by atoms with Crippen LogP contribution in [0.3, 0.4) is 0 Å². The minimum absolute atomic E-state index is 0.295. The summed E-state index contributed by atoms with van der Waals surface area (Å²) < 4.78 is 18.8. The third-order valence-electron chi connectivity index (χ3n) is 3.78. The van der Waals surface area contributed by atoms with Gasteiger partial charge in [0.2, 0.25) is 0 Å². The second kappa shape index (κ2) is 7.81. The monoisotopic (exact) mass is 365 g/mol. The van der Waals surface area contributed by atoms with Crippen LogP contribution in [0.5, 0.6) is 5.75 Å². The maximum Gasteiger partial charge on any atom is 0.136 e. The summed E-state index contributed by atoms with van der Waals surface area (Å²) in [4.78, 5) is 4.53. The molecule has 0 spiro atoms. The van der Waals surface area contributed by atoms with Gasteiger partial charge in [-0.05, 0) is 36.8 Å². The van der Waals surface area contributed by atoms with Crippen molar-refractivity contribution >= 4 is 22.6 Å². The Kier molecular flexibility index (Phi) is 5.30. The highest BCUT2D eigenvalue weighted by molar-refractivity contribution is 7.11. The van der Waals surface area contributed by atoms with E-state index in [0.717, 1.165) is 17.0 Å². The highest BCUT2D eigenvalue weighted by atomic mass is 32.1. The summed E-state index contributed by atoms with van der Waals surface area (Å²) in [6.45, 7) is 1.70. The lowest BCUT2D eigenvalue weighted by Gasteiger charge is -2.03. The number of rotatable bonds is 5. The number of nitriles is 1. The second-order valence-electron chi connectivity index (χ2n) is 5.55. The highest BCUT2D eigenvalue weighted by Gasteiger charge is 2.10. The number of anilines is 1. The summed E-state index contributed by atoms with van der Waals surface area (Å²) in [6, 6.07) is 14.5. The van der Waals surface area contributed by atoms with Crippen molar-refractivity contribution in [1.82, 2.24) is 4.98 Å². The van der Waals surface area contributed by atoms with Crippen LogP contribution in [0.4, 0.5) is 10.1 Å². The lowest BCUT2D eigenvalue weighted by molar-refractivity contribution is 0.415. The zero-order valence-corrected chi connectivity index (χ0v) is 15.1. The number of nitrogens with one attached hydrogen (secondary N) is 1. The molecule has 0 amide bonds. The molecule has 0 radical (unpaired) electrons. The first-order valence-electron chi connectivity index (χ1n) is 7.84. The summed E-state index contributed by atoms with van der Waals surface area (Å²) in [6.07, 6.45) is 1.54. The van der Waals surface area contributed by atoms with E-state index in [9.17, 15) is 9.65 Å². The van der Waals surface area contributed by atoms with Gasteiger partial charge in [-0.1, -0.05) is 18.2 Å². The predicted molar refractivity (Wildman–Crippen MR) is 102 cm³/mol. The molecule has 0 bridgehead atoms. The molecule has 0 saturated heterocycles. The Morgan fingerprint density at radius 3 is 2.88 bits per heavy atom. The second-order valence-corrected chi connectivity index (χ2v) is 6.41. The third-order valence-corrected chi connectivity index (χ3v) is 4.65. The van der Waals surface area contributed by atoms with Crippen molar-refractivity contribution < 1.29 is 9.13 Å². The van der Waals surface area contributed by atoms with Crippen LogP contribution in [0.2, 0.25) is 0 Å². The van der Waals surface area contributed by atoms with Crippen molar-refractivity contribution in [3.8, 4) is 23.1 Å². The Hall–Kier alpha value is -3.17. The lowest BCUT2D eigenvalue weighted by atomic mass is 10.1. The molecule has 1 N–H and O–H groups in total. The van der Waals surface area contributed by atoms with Gasteiger partial charge in [-0.15, -0.1) is 11.3 Å². The number of allylic oxidation sites excluding steroid dienone is 1. The molecule has 0 aliphatic carbocycles. The van der Waals surface area contributed by atoms with Gasteiger partial charge in [-0.2, -0.15) is 5.26 Å². The third kappa shape index (κ3) is 3.90. The number of aromatic nitrogens is 1. The molecule has 2 aromatic carbocycles. The summed E-state index contributed by atoms with van der Waals surface area (Å²) in [5, 5.41) is 14.9. The highest BCUT2D eigenvalue weighted by Crippen LogP contribution is 2.28. The van der Waals surface area contributed by atoms with Crippen molar-refractivity contribution in [2.24, 2.45) is 0 Å². The van der Waals surface area contributed by atoms with E-state index >= 15 is 0 Å². The van der Waals surface area contributed by atoms with Crippen molar-refractivity contribution in [3.63, 3.8) is 0 Å². The minimum Gasteiger partial charge on any atom is -0.497 e. The normalized spacial score (nSPS) is 11.1. The number of nitrogens with zero attached hydrogens (tertiary/aromatic N) is 2. The Morgan fingerprint density at radius 1 is 1.31 bits per heavy atom. The molecule has 6 heteroatoms. The molecule has 0 saturated carbocycles. The smallest absolute Gasteiger partial charge is 0.136 e. The van der Waals surface area contributed by atoms with Crippen molar-refractivity contribution in [3.05, 3.63) is 70.4 Å². The average Bonchev–Trinajstić information content (AvgIpc) is 3.15. The Balaban J connectivity index is 1.83. The predicted octanol–water partition coefficient (Wildman–Crippen LogP) is 5.24. The topological polar surface area (TPSA) is 57.9 Å². The fourth-order valence-corrected chi connectivity index (χ4v) is 3.09. The van der Waals surface area contributed by atoms with Crippen molar-refractivity contribution in [2.45, 2.75) is 6.92 Å². The van der Waals surface area contributed by atoms with Gasteiger partial charge < -0.3 is 10.1 Å². The van der Waals surface area contributed by atoms with Crippen molar-refractivity contribution in [2.75, 3.05) is 12.4 Å². The molecule has 1 aromatic heterocycles. The molecule has 0 aliphatic rings. The van der Waals surface area contributed by atoms with E-state index in [4.69, 9.17) is 4.74 Å². The molecule has 3 rings (SSSR count). The Bertz CT molecular complexity index is 1000. The molecule has 0 fully saturated rings. The molecule has 0 aliphatic heterocycles. The summed E-state index contributed by atoms with van der Waals surface area (Å²) in [7, 11) is 1.61. The first-order valence-corrected chi connectivity index (χ1v) is 8.72. The number of hydrogen-bond donors (Lipinski definition) is 1. The van der Waals surface area contributed by atoms with Crippen LogP contribution >= 0.6 is 11.3 Å². The van der Waals surface area contributed by atoms with E-state index in [0.29, 0.717) is 21.8 Å². The number of thiazole rings is 1. The van der Waals surface area contributed by atoms with Crippen LogP contribution in [-0.2, 0) is 0 Å². The van der Waals surface area contributed by atoms with E-state index < -0.39 is 0 Å². The van der Waals surface area contributed by atoms with Gasteiger partial charge in [0, 0.05) is 22.8 Å². The van der Waals surface area contributed by atoms with Crippen LogP contribution in [0.15, 0.2) is 54.0 Å². The molecule has 26 heavy (non-hydrogen) atoms. The van der Waals surface area contributed by atoms with Gasteiger partial charge in [0.1, 0.15) is 28.2 Å². The quantitative estimate of drug-likeness (QED) is 0.628. The van der Waals surface area contributed by atoms with Gasteiger partial charge in [-0.25, -0.2) is 9.37 Å². The fraction of sp³-hybridized carbons (Fsp3) is 0.100. The van der Waals surface area contributed by atoms with Gasteiger partial charge in [0.15, 0.2) is 0 Å². The number of ether oxygens (including phenoxy) is 1. The molecule has 1 heterocycles. The molecular formula is C20H16FN3OS. The van der Waals surface area contributed by atoms with Crippen LogP contribution in [-0.4, -0.2) is 12.1 Å². The number of benzene rings is 2. The zero-order chi connectivity index (χ0) is 18.5. The first-order chi connectivity index (χ1) is 12.6. The van der Waals surface area contributed by atoms with E-state index in [1.54, 1.807) is 26.2 Å². The van der Waals surface area contributed by atoms with Gasteiger partial charge in [0.25, 0.3) is 0 Å². The Morgan fingerprint density at radius 2 is 2.15 bits per heavy atom. The molecule has 3 aromatic rings. The van der Waals surface area contributed by atoms with Crippen LogP contribution < -0.4 is 10.1 Å². The molecule has 0 atom stereocenters. The largest absolute Gasteiger partial charge is 0.497 e. The number of hydrogen-bond acceptors (Lipinski definition) is 5. The average molecular weight is 365 g/mol. The first kappa shape index (κ1) is 17.6. The van der Waals surface area contributed by atoms with Crippen LogP contribution in [0, 0.1) is 24.1 Å². The SMILES string of the molecule is COc1cccc(-c2csc(C(C#N)=CNc3ccc(C)c(F)c3)n2)c1. The summed E-state index contributed by atoms with van der Waals surface area (Å²) in [5.74, 6) is 0.452.